The van der Waals surface area contributed by atoms with Gasteiger partial charge >= 0.3 is 0 Å². The minimum atomic E-state index is -0.0559. The van der Waals surface area contributed by atoms with E-state index < -0.39 is 0 Å². The number of H-pyrrole nitrogens is 1. The van der Waals surface area contributed by atoms with E-state index in [2.05, 4.69) is 26.1 Å². The molecule has 0 unspecified atom stereocenters. The van der Waals surface area contributed by atoms with Crippen LogP contribution in [0.4, 0.5) is 0 Å². The van der Waals surface area contributed by atoms with Crippen LogP contribution < -0.4 is 0 Å². The molecule has 0 atom stereocenters. The average Bonchev–Trinajstić information content (AvgIpc) is 2.33. The predicted molar refractivity (Wildman–Crippen MR) is 30.5 cm³/mol. The van der Waals surface area contributed by atoms with Gasteiger partial charge in [0.25, 0.3) is 0 Å². The van der Waals surface area contributed by atoms with Gasteiger partial charge in [-0.15, -0.1) is 0 Å². The maximum Gasteiger partial charge on any atom is 0.0790 e. The Kier molecular flexibility index (Phi) is 1.65. The number of aromatic nitrogens is 4. The molecule has 1 N–H and O–H groups in total. The van der Waals surface area contributed by atoms with Crippen molar-refractivity contribution < 1.29 is 19.9 Å². The van der Waals surface area contributed by atoms with Gasteiger partial charge in [-0.25, -0.2) is 0 Å². The van der Waals surface area contributed by atoms with E-state index in [4.69, 9.17) is 1.37 Å². The van der Waals surface area contributed by atoms with Crippen molar-refractivity contribution in [3.8, 4) is 0 Å². The van der Waals surface area contributed by atoms with E-state index in [9.17, 15) is 0 Å². The van der Waals surface area contributed by atoms with Gasteiger partial charge in [0, 0.05) is 26.2 Å². The molecule has 0 spiro atoms. The maximum atomic E-state index is 7.01. The monoisotopic (exact) mass is 172 g/mol. The summed E-state index contributed by atoms with van der Waals surface area (Å²) in [7, 11) is 0. The maximum absolute atomic E-state index is 7.01. The standard InChI is InChI=1S/C5H3N4.V/c1-4-5(8-2-6-1)9-3-7-4;/h2-3H,(H,6,7,8,9);/q-1;/i2T;. The molecule has 0 aliphatic heterocycles. The van der Waals surface area contributed by atoms with Gasteiger partial charge in [0.2, 0.25) is 0 Å². The number of hydrogen-bond acceptors (Lipinski definition) is 3. The van der Waals surface area contributed by atoms with Gasteiger partial charge in [-0.2, -0.15) is 0 Å². The third-order valence-electron chi connectivity index (χ3n) is 0.993. The zero-order chi connectivity index (χ0) is 6.97. The molecule has 0 saturated carbocycles. The summed E-state index contributed by atoms with van der Waals surface area (Å²) in [6.07, 6.45) is 4.02. The van der Waals surface area contributed by atoms with Crippen LogP contribution in [0.1, 0.15) is 1.37 Å². The van der Waals surface area contributed by atoms with E-state index in [1.807, 2.05) is 0 Å². The van der Waals surface area contributed by atoms with Crippen LogP contribution in [0.2, 0.25) is 0 Å². The first-order valence-electron chi connectivity index (χ1n) is 2.91. The Balaban J connectivity index is 0.000000605. The van der Waals surface area contributed by atoms with Crippen LogP contribution in [0, 0.1) is 6.20 Å². The second-order valence-electron chi connectivity index (χ2n) is 1.54. The Morgan fingerprint density at radius 3 is 3.40 bits per heavy atom. The quantitative estimate of drug-likeness (QED) is 0.575. The Morgan fingerprint density at radius 1 is 1.60 bits per heavy atom. The summed E-state index contributed by atoms with van der Waals surface area (Å²) in [4.78, 5) is 13.8. The Morgan fingerprint density at radius 2 is 2.50 bits per heavy atom. The topological polar surface area (TPSA) is 54.5 Å². The van der Waals surface area contributed by atoms with Crippen molar-refractivity contribution in [1.82, 2.24) is 19.9 Å². The molecule has 0 amide bonds. The molecule has 0 aliphatic rings. The van der Waals surface area contributed by atoms with Gasteiger partial charge in [0.1, 0.15) is 0 Å². The molecule has 2 heterocycles. The van der Waals surface area contributed by atoms with Crippen LogP contribution >= 0.6 is 0 Å². The third kappa shape index (κ3) is 1.03. The Hall–Kier alpha value is -0.866. The third-order valence-corrected chi connectivity index (χ3v) is 0.993. The van der Waals surface area contributed by atoms with Crippen molar-refractivity contribution >= 4 is 11.2 Å². The van der Waals surface area contributed by atoms with Gasteiger partial charge in [-0.05, 0) is 5.52 Å². The van der Waals surface area contributed by atoms with E-state index in [-0.39, 0.29) is 24.9 Å². The molecule has 2 aromatic heterocycles. The molecule has 4 nitrogen and oxygen atoms in total. The largest absolute Gasteiger partial charge is 0.374 e. The van der Waals surface area contributed by atoms with Crippen molar-refractivity contribution in [3.63, 3.8) is 0 Å². The number of hydrogen-bond donors (Lipinski definition) is 1. The molecule has 1 radical (unpaired) electrons. The van der Waals surface area contributed by atoms with Crippen LogP contribution in [-0.4, -0.2) is 19.9 Å². The second-order valence-corrected chi connectivity index (χ2v) is 1.54. The molecular weight excluding hydrogens is 167 g/mol. The van der Waals surface area contributed by atoms with E-state index >= 15 is 0 Å². The number of nitrogens with zero attached hydrogens (tertiary/aromatic N) is 3. The average molecular weight is 172 g/mol. The molecule has 0 bridgehead atoms. The van der Waals surface area contributed by atoms with Crippen LogP contribution in [0.25, 0.3) is 11.2 Å². The first kappa shape index (κ1) is 5.88. The van der Waals surface area contributed by atoms with Gasteiger partial charge < -0.3 is 15.0 Å². The van der Waals surface area contributed by atoms with Crippen LogP contribution in [0.5, 0.6) is 0 Å². The molecule has 10 heavy (non-hydrogen) atoms. The van der Waals surface area contributed by atoms with Crippen molar-refractivity contribution in [2.75, 3.05) is 0 Å². The van der Waals surface area contributed by atoms with E-state index in [1.165, 1.54) is 6.33 Å². The van der Waals surface area contributed by atoms with Crippen molar-refractivity contribution in [2.45, 2.75) is 0 Å². The predicted octanol–water partition coefficient (Wildman–Crippen LogP) is 0.151. The van der Waals surface area contributed by atoms with Crippen molar-refractivity contribution in [1.29, 1.82) is 0 Å². The Bertz CT molecular complexity index is 360. The number of nitrogens with one attached hydrogen (secondary N) is 1. The van der Waals surface area contributed by atoms with Gasteiger partial charge in [0.05, 0.1) is 12.0 Å². The number of aromatic amines is 1. The van der Waals surface area contributed by atoms with Gasteiger partial charge in [-0.1, -0.05) is 6.20 Å². The number of fused-ring (bicyclic) bond motifs is 1. The number of rotatable bonds is 0. The van der Waals surface area contributed by atoms with Crippen LogP contribution in [0.15, 0.2) is 12.6 Å². The summed E-state index contributed by atoms with van der Waals surface area (Å²) < 4.78 is 7.01. The molecule has 5 heteroatoms. The van der Waals surface area contributed by atoms with E-state index in [0.717, 1.165) is 0 Å². The SMILES string of the molecule is [3H]c1n[c-]c2[nH]cnc2n1.[V]. The molecule has 0 fully saturated rings. The molecule has 49 valence electrons. The fourth-order valence-corrected chi connectivity index (χ4v) is 0.607. The minimum absolute atomic E-state index is 0. The molecule has 0 saturated heterocycles. The first-order valence-corrected chi connectivity index (χ1v) is 2.41. The van der Waals surface area contributed by atoms with Crippen LogP contribution in [0.3, 0.4) is 0 Å². The molecule has 0 aromatic carbocycles. The fourth-order valence-electron chi connectivity index (χ4n) is 0.607. The first-order chi connectivity index (χ1) is 4.86. The van der Waals surface area contributed by atoms with Crippen molar-refractivity contribution in [2.24, 2.45) is 0 Å². The van der Waals surface area contributed by atoms with Gasteiger partial charge in [-0.3, -0.25) is 4.98 Å². The van der Waals surface area contributed by atoms with E-state index in [0.29, 0.717) is 11.2 Å². The summed E-state index contributed by atoms with van der Waals surface area (Å²) in [6.45, 7) is 0. The molecule has 0 aliphatic carbocycles. The molecule has 2 aromatic rings. The minimum Gasteiger partial charge on any atom is -0.374 e. The Labute approximate surface area is 70.4 Å². The summed E-state index contributed by atoms with van der Waals surface area (Å²) in [5.41, 5.74) is 1.12. The van der Waals surface area contributed by atoms with Crippen LogP contribution in [-0.2, 0) is 18.6 Å². The summed E-state index contributed by atoms with van der Waals surface area (Å²) >= 11 is 0. The van der Waals surface area contributed by atoms with Crippen molar-refractivity contribution in [3.05, 3.63) is 18.8 Å². The summed E-state index contributed by atoms with van der Waals surface area (Å²) in [5.74, 6) is 0. The zero-order valence-electron chi connectivity index (χ0n) is 5.87. The summed E-state index contributed by atoms with van der Waals surface area (Å²) in [5, 5.41) is 0. The number of imidazole rings is 1. The zero-order valence-corrected chi connectivity index (χ0v) is 6.26. The summed E-state index contributed by atoms with van der Waals surface area (Å²) in [6, 6.07) is 0. The second kappa shape index (κ2) is 2.81. The normalized spacial score (nSPS) is 10.6. The van der Waals surface area contributed by atoms with Gasteiger partial charge in [0.15, 0.2) is 0 Å². The molecule has 2 rings (SSSR count). The molecular formula is C5H3N4V-. The fraction of sp³-hybridized carbons (Fsp3) is 0. The smallest absolute Gasteiger partial charge is 0.0790 e. The van der Waals surface area contributed by atoms with E-state index in [1.54, 1.807) is 0 Å².